The molecule has 0 radical (unpaired) electrons. The lowest BCUT2D eigenvalue weighted by atomic mass is 10.0. The number of phosphoric acid groups is 1. The van der Waals surface area contributed by atoms with Crippen molar-refractivity contribution in [2.45, 2.75) is 161 Å². The summed E-state index contributed by atoms with van der Waals surface area (Å²) < 4.78 is 33.0. The Hall–Kier alpha value is -0.500. The van der Waals surface area contributed by atoms with Gasteiger partial charge < -0.3 is 20.1 Å². The Bertz CT molecular complexity index is 594. The molecule has 0 saturated heterocycles. The number of hydrogen-bond donors (Lipinski definition) is 2. The first-order valence-electron chi connectivity index (χ1n) is 16.5. The van der Waals surface area contributed by atoms with Crippen LogP contribution in [0.5, 0.6) is 0 Å². The van der Waals surface area contributed by atoms with Crippen molar-refractivity contribution in [2.75, 3.05) is 33.0 Å². The van der Waals surface area contributed by atoms with Crippen molar-refractivity contribution in [3.05, 3.63) is 0 Å². The van der Waals surface area contributed by atoms with Gasteiger partial charge in [-0.15, -0.1) is 0 Å². The van der Waals surface area contributed by atoms with Crippen LogP contribution < -0.4 is 5.73 Å². The summed E-state index contributed by atoms with van der Waals surface area (Å²) in [6.07, 6.45) is 25.5. The molecule has 0 aromatic carbocycles. The fourth-order valence-electron chi connectivity index (χ4n) is 4.58. The Morgan fingerprint density at radius 2 is 1.10 bits per heavy atom. The van der Waals surface area contributed by atoms with E-state index in [1.165, 1.54) is 103 Å². The van der Waals surface area contributed by atoms with E-state index in [9.17, 15) is 14.3 Å². The van der Waals surface area contributed by atoms with E-state index in [4.69, 9.17) is 24.3 Å². The number of ether oxygens (including phenoxy) is 2. The lowest BCUT2D eigenvalue weighted by Gasteiger charge is -2.20. The highest BCUT2D eigenvalue weighted by Gasteiger charge is 2.25. The summed E-state index contributed by atoms with van der Waals surface area (Å²) in [5.41, 5.74) is 5.32. The van der Waals surface area contributed by atoms with E-state index in [0.717, 1.165) is 32.1 Å². The second-order valence-electron chi connectivity index (χ2n) is 11.0. The molecule has 2 atom stereocenters. The van der Waals surface area contributed by atoms with E-state index in [1.54, 1.807) is 0 Å². The van der Waals surface area contributed by atoms with Crippen LogP contribution in [0.2, 0.25) is 0 Å². The van der Waals surface area contributed by atoms with Crippen molar-refractivity contribution in [1.29, 1.82) is 0 Å². The Balaban J connectivity index is 4.02. The summed E-state index contributed by atoms with van der Waals surface area (Å²) >= 11 is 0. The topological polar surface area (TPSA) is 117 Å². The lowest BCUT2D eigenvalue weighted by molar-refractivity contribution is -0.154. The minimum absolute atomic E-state index is 0.0913. The molecule has 0 amide bonds. The van der Waals surface area contributed by atoms with E-state index in [0.29, 0.717) is 13.0 Å². The third kappa shape index (κ3) is 29.0. The summed E-state index contributed by atoms with van der Waals surface area (Å²) in [4.78, 5) is 22.2. The number of esters is 1. The number of hydrogen-bond acceptors (Lipinski definition) is 7. The minimum Gasteiger partial charge on any atom is -0.457 e. The molecule has 0 aliphatic carbocycles. The number of carbonyl (C=O) groups is 1. The highest BCUT2D eigenvalue weighted by atomic mass is 31.2. The van der Waals surface area contributed by atoms with Gasteiger partial charge in [-0.2, -0.15) is 0 Å². The predicted molar refractivity (Wildman–Crippen MR) is 164 cm³/mol. The first kappa shape index (κ1) is 39.5. The fourth-order valence-corrected chi connectivity index (χ4v) is 5.35. The van der Waals surface area contributed by atoms with Crippen molar-refractivity contribution in [2.24, 2.45) is 5.73 Å². The molecule has 40 heavy (non-hydrogen) atoms. The van der Waals surface area contributed by atoms with Gasteiger partial charge in [0, 0.05) is 19.6 Å². The van der Waals surface area contributed by atoms with Crippen molar-refractivity contribution in [3.8, 4) is 0 Å². The number of phosphoric ester groups is 1. The molecule has 0 bridgehead atoms. The van der Waals surface area contributed by atoms with Crippen molar-refractivity contribution in [3.63, 3.8) is 0 Å². The summed E-state index contributed by atoms with van der Waals surface area (Å²) in [5, 5.41) is 0. The molecular weight excluding hydrogens is 529 g/mol. The van der Waals surface area contributed by atoms with E-state index in [1.807, 2.05) is 0 Å². The summed E-state index contributed by atoms with van der Waals surface area (Å²) in [5.74, 6) is -0.331. The van der Waals surface area contributed by atoms with Gasteiger partial charge in [-0.25, -0.2) is 4.57 Å². The molecule has 0 rings (SSSR count). The van der Waals surface area contributed by atoms with Gasteiger partial charge in [-0.1, -0.05) is 136 Å². The zero-order valence-corrected chi connectivity index (χ0v) is 27.0. The Morgan fingerprint density at radius 1 is 0.650 bits per heavy atom. The minimum atomic E-state index is -4.25. The van der Waals surface area contributed by atoms with Gasteiger partial charge in [0.1, 0.15) is 6.10 Å². The maximum atomic E-state index is 12.4. The van der Waals surface area contributed by atoms with Gasteiger partial charge in [0.15, 0.2) is 0 Å². The molecule has 2 unspecified atom stereocenters. The van der Waals surface area contributed by atoms with Crippen LogP contribution in [0.25, 0.3) is 0 Å². The summed E-state index contributed by atoms with van der Waals surface area (Å²) in [7, 11) is -4.25. The predicted octanol–water partition coefficient (Wildman–Crippen LogP) is 8.63. The van der Waals surface area contributed by atoms with Gasteiger partial charge >= 0.3 is 13.8 Å². The largest absolute Gasteiger partial charge is 0.472 e. The molecule has 0 heterocycles. The number of unbranched alkanes of at least 4 members (excludes halogenated alkanes) is 19. The Morgan fingerprint density at radius 3 is 1.57 bits per heavy atom. The van der Waals surface area contributed by atoms with E-state index < -0.39 is 13.9 Å². The van der Waals surface area contributed by atoms with E-state index in [2.05, 4.69) is 13.8 Å². The summed E-state index contributed by atoms with van der Waals surface area (Å²) in [6, 6.07) is 0. The zero-order valence-electron chi connectivity index (χ0n) is 26.1. The molecule has 0 aromatic heterocycles. The second-order valence-corrected chi connectivity index (χ2v) is 12.5. The summed E-state index contributed by atoms with van der Waals surface area (Å²) in [6.45, 7) is 4.88. The van der Waals surface area contributed by atoms with Crippen LogP contribution in [-0.2, 0) is 27.9 Å². The Labute approximate surface area is 246 Å². The van der Waals surface area contributed by atoms with Crippen molar-refractivity contribution < 1.29 is 32.8 Å². The van der Waals surface area contributed by atoms with Crippen LogP contribution in [0.3, 0.4) is 0 Å². The van der Waals surface area contributed by atoms with E-state index >= 15 is 0 Å². The molecule has 0 aliphatic heterocycles. The quantitative estimate of drug-likeness (QED) is 0.0452. The average molecular weight is 594 g/mol. The zero-order chi connectivity index (χ0) is 29.6. The number of nitrogens with two attached hydrogens (primary N) is 1. The molecule has 0 aromatic rings. The van der Waals surface area contributed by atoms with Crippen molar-refractivity contribution >= 4 is 13.8 Å². The average Bonchev–Trinajstić information content (AvgIpc) is 2.94. The van der Waals surface area contributed by atoms with Crippen LogP contribution in [0.1, 0.15) is 155 Å². The lowest BCUT2D eigenvalue weighted by Crippen LogP contribution is -2.28. The molecule has 240 valence electrons. The normalized spacial score (nSPS) is 13.8. The van der Waals surface area contributed by atoms with E-state index in [-0.39, 0.29) is 32.3 Å². The number of rotatable bonds is 32. The van der Waals surface area contributed by atoms with Gasteiger partial charge in [-0.3, -0.25) is 13.8 Å². The number of carbonyl (C=O) groups excluding carboxylic acids is 1. The smallest absolute Gasteiger partial charge is 0.457 e. The highest BCUT2D eigenvalue weighted by Crippen LogP contribution is 2.43. The van der Waals surface area contributed by atoms with Crippen LogP contribution in [0.4, 0.5) is 0 Å². The van der Waals surface area contributed by atoms with Crippen molar-refractivity contribution in [1.82, 2.24) is 0 Å². The monoisotopic (exact) mass is 593 g/mol. The third-order valence-corrected chi connectivity index (χ3v) is 8.01. The maximum absolute atomic E-state index is 12.4. The second kappa shape index (κ2) is 30.0. The molecule has 0 aliphatic rings. The maximum Gasteiger partial charge on any atom is 0.472 e. The SMILES string of the molecule is CCCCCCCCCCCCCCCCCC(=O)OC(COCCCCCCCC)COP(=O)(O)OCCN. The van der Waals surface area contributed by atoms with Crippen LogP contribution in [0.15, 0.2) is 0 Å². The molecule has 8 nitrogen and oxygen atoms in total. The van der Waals surface area contributed by atoms with Gasteiger partial charge in [0.25, 0.3) is 0 Å². The fraction of sp³-hybridized carbons (Fsp3) is 0.968. The van der Waals surface area contributed by atoms with Gasteiger partial charge in [0.2, 0.25) is 0 Å². The van der Waals surface area contributed by atoms with Gasteiger partial charge in [-0.05, 0) is 12.8 Å². The molecular formula is C31H64NO7P. The van der Waals surface area contributed by atoms with Gasteiger partial charge in [0.05, 0.1) is 19.8 Å². The molecule has 0 spiro atoms. The molecule has 0 saturated carbocycles. The third-order valence-electron chi connectivity index (χ3n) is 7.02. The first-order chi connectivity index (χ1) is 19.4. The molecule has 9 heteroatoms. The standard InChI is InChI=1S/C31H64NO7P/c1-3-5-7-9-11-12-13-14-15-16-17-18-19-20-22-24-31(33)39-30(29-38-40(34,35)37-27-25-32)28-36-26-23-21-10-8-6-4-2/h30H,3-29,32H2,1-2H3,(H,34,35). The molecule has 3 N–H and O–H groups in total. The van der Waals surface area contributed by atoms with Crippen LogP contribution in [-0.4, -0.2) is 49.9 Å². The Kier molecular flexibility index (Phi) is 29.6. The van der Waals surface area contributed by atoms with Crippen LogP contribution >= 0.6 is 7.82 Å². The molecule has 0 fully saturated rings. The first-order valence-corrected chi connectivity index (χ1v) is 18.0. The highest BCUT2D eigenvalue weighted by molar-refractivity contribution is 7.47. The van der Waals surface area contributed by atoms with Crippen LogP contribution in [0, 0.1) is 0 Å².